The average Bonchev–Trinajstić information content (AvgIpc) is 3.64. The van der Waals surface area contributed by atoms with Crippen LogP contribution in [0, 0.1) is 5.92 Å². The summed E-state index contributed by atoms with van der Waals surface area (Å²) in [6.07, 6.45) is 4.37. The van der Waals surface area contributed by atoms with Gasteiger partial charge in [0.05, 0.1) is 0 Å². The van der Waals surface area contributed by atoms with Crippen molar-refractivity contribution in [3.8, 4) is 0 Å². The molecule has 0 atom stereocenters. The van der Waals surface area contributed by atoms with Gasteiger partial charge >= 0.3 is 0 Å². The number of hydrogen-bond donors (Lipinski definition) is 3. The molecule has 1 aromatic rings. The maximum absolute atomic E-state index is 11.7. The number of piperazine rings is 1. The molecule has 1 heterocycles. The monoisotopic (exact) mass is 428 g/mol. The number of unbranched alkanes of at least 4 members (excludes halogenated alkanes) is 1. The molecule has 2 aliphatic rings. The first kappa shape index (κ1) is 23.5. The Bertz CT molecular complexity index is 668. The summed E-state index contributed by atoms with van der Waals surface area (Å²) in [7, 11) is 0. The van der Waals surface area contributed by atoms with Crippen molar-refractivity contribution in [2.45, 2.75) is 39.2 Å². The maximum Gasteiger partial charge on any atom is 0.223 e. The van der Waals surface area contributed by atoms with Gasteiger partial charge in [-0.15, -0.1) is 0 Å². The van der Waals surface area contributed by atoms with E-state index in [4.69, 9.17) is 0 Å². The third-order valence-corrected chi connectivity index (χ3v) is 5.88. The zero-order chi connectivity index (χ0) is 21.7. The average molecular weight is 429 g/mol. The summed E-state index contributed by atoms with van der Waals surface area (Å²) in [5.41, 5.74) is 1.41. The smallest absolute Gasteiger partial charge is 0.223 e. The van der Waals surface area contributed by atoms with Crippen LogP contribution in [0.2, 0.25) is 0 Å². The van der Waals surface area contributed by atoms with Gasteiger partial charge in [-0.3, -0.25) is 14.7 Å². The van der Waals surface area contributed by atoms with E-state index in [1.165, 1.54) is 12.0 Å². The molecule has 1 saturated carbocycles. The van der Waals surface area contributed by atoms with Crippen molar-refractivity contribution in [1.82, 2.24) is 25.8 Å². The molecule has 0 spiro atoms. The zero-order valence-corrected chi connectivity index (χ0v) is 19.1. The van der Waals surface area contributed by atoms with E-state index in [0.717, 1.165) is 77.6 Å². The number of carbonyl (C=O) groups excluding carboxylic acids is 1. The van der Waals surface area contributed by atoms with Crippen LogP contribution in [0.5, 0.6) is 0 Å². The molecule has 3 N–H and O–H groups in total. The summed E-state index contributed by atoms with van der Waals surface area (Å²) >= 11 is 0. The van der Waals surface area contributed by atoms with E-state index in [1.807, 2.05) is 0 Å². The molecule has 1 aromatic carbocycles. The first-order valence-corrected chi connectivity index (χ1v) is 12.0. The molecule has 0 unspecified atom stereocenters. The largest absolute Gasteiger partial charge is 0.357 e. The lowest BCUT2D eigenvalue weighted by Gasteiger charge is -2.34. The Hall–Kier alpha value is -2.12. The number of hydrogen-bond acceptors (Lipinski definition) is 4. The van der Waals surface area contributed by atoms with E-state index < -0.39 is 0 Å². The highest BCUT2D eigenvalue weighted by Gasteiger charge is 2.28. The van der Waals surface area contributed by atoms with Crippen LogP contribution in [0.4, 0.5) is 0 Å². The summed E-state index contributed by atoms with van der Waals surface area (Å²) in [6.45, 7) is 11.9. The number of carbonyl (C=O) groups is 1. The van der Waals surface area contributed by atoms with Crippen molar-refractivity contribution in [2.24, 2.45) is 10.9 Å². The molecule has 1 aliphatic heterocycles. The molecule has 0 aromatic heterocycles. The summed E-state index contributed by atoms with van der Waals surface area (Å²) in [5, 5.41) is 9.57. The SMILES string of the molecule is CCNC(=NCCCCN1CCN(Cc2ccccc2)CC1)NCCNC(=O)C1CC1. The lowest BCUT2D eigenvalue weighted by Crippen LogP contribution is -2.46. The maximum atomic E-state index is 11.7. The first-order chi connectivity index (χ1) is 15.2. The molecule has 1 saturated heterocycles. The fourth-order valence-corrected chi connectivity index (χ4v) is 3.85. The molecule has 1 aliphatic carbocycles. The van der Waals surface area contributed by atoms with Gasteiger partial charge in [0, 0.05) is 64.8 Å². The third-order valence-electron chi connectivity index (χ3n) is 5.88. The highest BCUT2D eigenvalue weighted by molar-refractivity contribution is 5.81. The molecule has 0 bridgehead atoms. The predicted octanol–water partition coefficient (Wildman–Crippen LogP) is 1.67. The minimum atomic E-state index is 0.199. The van der Waals surface area contributed by atoms with Crippen molar-refractivity contribution >= 4 is 11.9 Å². The van der Waals surface area contributed by atoms with Gasteiger partial charge in [0.2, 0.25) is 5.91 Å². The van der Waals surface area contributed by atoms with Crippen LogP contribution in [0.1, 0.15) is 38.2 Å². The van der Waals surface area contributed by atoms with Gasteiger partial charge in [-0.2, -0.15) is 0 Å². The normalized spacial score (nSPS) is 18.0. The van der Waals surface area contributed by atoms with E-state index in [2.05, 4.69) is 68.0 Å². The first-order valence-electron chi connectivity index (χ1n) is 12.0. The van der Waals surface area contributed by atoms with Crippen LogP contribution in [0.3, 0.4) is 0 Å². The minimum Gasteiger partial charge on any atom is -0.357 e. The molecule has 3 rings (SSSR count). The molecule has 7 heteroatoms. The summed E-state index contributed by atoms with van der Waals surface area (Å²) < 4.78 is 0. The van der Waals surface area contributed by atoms with Crippen molar-refractivity contribution in [3.05, 3.63) is 35.9 Å². The molecule has 31 heavy (non-hydrogen) atoms. The fraction of sp³-hybridized carbons (Fsp3) is 0.667. The Morgan fingerprint density at radius 3 is 2.39 bits per heavy atom. The molecule has 7 nitrogen and oxygen atoms in total. The van der Waals surface area contributed by atoms with Crippen molar-refractivity contribution in [1.29, 1.82) is 0 Å². The zero-order valence-electron chi connectivity index (χ0n) is 19.1. The molecule has 0 radical (unpaired) electrons. The Balaban J connectivity index is 1.23. The Morgan fingerprint density at radius 1 is 0.968 bits per heavy atom. The molecular formula is C24H40N6O. The predicted molar refractivity (Wildman–Crippen MR) is 127 cm³/mol. The Kier molecular flexibility index (Phi) is 10.1. The number of nitrogens with one attached hydrogen (secondary N) is 3. The van der Waals surface area contributed by atoms with E-state index >= 15 is 0 Å². The topological polar surface area (TPSA) is 72.0 Å². The number of guanidine groups is 1. The van der Waals surface area contributed by atoms with Crippen molar-refractivity contribution in [3.63, 3.8) is 0 Å². The quantitative estimate of drug-likeness (QED) is 0.268. The number of amides is 1. The summed E-state index contributed by atoms with van der Waals surface area (Å²) in [6, 6.07) is 10.8. The van der Waals surface area contributed by atoms with Crippen LogP contribution in [0.15, 0.2) is 35.3 Å². The highest BCUT2D eigenvalue weighted by Crippen LogP contribution is 2.28. The number of nitrogens with zero attached hydrogens (tertiary/aromatic N) is 3. The minimum absolute atomic E-state index is 0.199. The van der Waals surface area contributed by atoms with E-state index in [0.29, 0.717) is 13.1 Å². The molecule has 1 amide bonds. The number of aliphatic imine (C=N–C) groups is 1. The van der Waals surface area contributed by atoms with Crippen molar-refractivity contribution in [2.75, 3.05) is 58.9 Å². The summed E-state index contributed by atoms with van der Waals surface area (Å²) in [4.78, 5) is 21.5. The van der Waals surface area contributed by atoms with Gasteiger partial charge in [0.25, 0.3) is 0 Å². The third kappa shape index (κ3) is 9.27. The van der Waals surface area contributed by atoms with Crippen LogP contribution in [-0.4, -0.2) is 80.6 Å². The second-order valence-corrected chi connectivity index (χ2v) is 8.56. The van der Waals surface area contributed by atoms with Crippen LogP contribution in [0.25, 0.3) is 0 Å². The van der Waals surface area contributed by atoms with Gasteiger partial charge in [0.15, 0.2) is 5.96 Å². The Labute approximate surface area is 187 Å². The van der Waals surface area contributed by atoms with Crippen LogP contribution in [-0.2, 0) is 11.3 Å². The number of rotatable bonds is 12. The van der Waals surface area contributed by atoms with Gasteiger partial charge < -0.3 is 20.9 Å². The lowest BCUT2D eigenvalue weighted by molar-refractivity contribution is -0.122. The van der Waals surface area contributed by atoms with Crippen LogP contribution >= 0.6 is 0 Å². The molecule has 172 valence electrons. The van der Waals surface area contributed by atoms with E-state index in [1.54, 1.807) is 0 Å². The standard InChI is InChI=1S/C24H40N6O/c1-2-25-24(28-14-13-26-23(31)22-10-11-22)27-12-6-7-15-29-16-18-30(19-17-29)20-21-8-4-3-5-9-21/h3-5,8-9,22H,2,6-7,10-20H2,1H3,(H,26,31)(H2,25,27,28). The van der Waals surface area contributed by atoms with Gasteiger partial charge in [-0.1, -0.05) is 30.3 Å². The Morgan fingerprint density at radius 2 is 1.68 bits per heavy atom. The summed E-state index contributed by atoms with van der Waals surface area (Å²) in [5.74, 6) is 1.32. The van der Waals surface area contributed by atoms with E-state index in [9.17, 15) is 4.79 Å². The van der Waals surface area contributed by atoms with Gasteiger partial charge in [-0.05, 0) is 44.7 Å². The fourth-order valence-electron chi connectivity index (χ4n) is 3.85. The molecular weight excluding hydrogens is 388 g/mol. The second kappa shape index (κ2) is 13.3. The molecule has 2 fully saturated rings. The van der Waals surface area contributed by atoms with Crippen LogP contribution < -0.4 is 16.0 Å². The second-order valence-electron chi connectivity index (χ2n) is 8.56. The lowest BCUT2D eigenvalue weighted by atomic mass is 10.2. The van der Waals surface area contributed by atoms with Crippen molar-refractivity contribution < 1.29 is 4.79 Å². The van der Waals surface area contributed by atoms with E-state index in [-0.39, 0.29) is 11.8 Å². The highest BCUT2D eigenvalue weighted by atomic mass is 16.2. The number of benzene rings is 1. The van der Waals surface area contributed by atoms with Gasteiger partial charge in [-0.25, -0.2) is 0 Å². The van der Waals surface area contributed by atoms with Gasteiger partial charge in [0.1, 0.15) is 0 Å².